The Hall–Kier alpha value is -2.21. The van der Waals surface area contributed by atoms with Crippen LogP contribution in [0.5, 0.6) is 0 Å². The van der Waals surface area contributed by atoms with E-state index >= 15 is 0 Å². The summed E-state index contributed by atoms with van der Waals surface area (Å²) in [5.74, 6) is 1.48. The van der Waals surface area contributed by atoms with Gasteiger partial charge < -0.3 is 9.32 Å². The lowest BCUT2D eigenvalue weighted by Gasteiger charge is -2.34. The second-order valence-electron chi connectivity index (χ2n) is 6.30. The molecule has 1 aromatic carbocycles. The van der Waals surface area contributed by atoms with Gasteiger partial charge in [0.2, 0.25) is 17.7 Å². The predicted octanol–water partition coefficient (Wildman–Crippen LogP) is 1.96. The van der Waals surface area contributed by atoms with Crippen LogP contribution in [0.15, 0.2) is 28.7 Å². The van der Waals surface area contributed by atoms with Crippen LogP contribution in [0.3, 0.4) is 0 Å². The molecular formula is C18H24N4O2. The van der Waals surface area contributed by atoms with Gasteiger partial charge in [-0.1, -0.05) is 24.3 Å². The Balaban J connectivity index is 1.44. The van der Waals surface area contributed by atoms with Gasteiger partial charge in [0, 0.05) is 39.5 Å². The van der Waals surface area contributed by atoms with Gasteiger partial charge >= 0.3 is 0 Å². The number of benzene rings is 1. The minimum Gasteiger partial charge on any atom is -0.424 e. The fourth-order valence-corrected chi connectivity index (χ4v) is 3.04. The van der Waals surface area contributed by atoms with Gasteiger partial charge in [-0.05, 0) is 24.5 Å². The van der Waals surface area contributed by atoms with Crippen molar-refractivity contribution >= 4 is 5.91 Å². The van der Waals surface area contributed by atoms with Crippen LogP contribution in [0.25, 0.3) is 0 Å². The molecule has 0 atom stereocenters. The highest BCUT2D eigenvalue weighted by Crippen LogP contribution is 2.12. The first-order valence-electron chi connectivity index (χ1n) is 8.45. The van der Waals surface area contributed by atoms with Gasteiger partial charge in [0.1, 0.15) is 0 Å². The number of nitrogens with zero attached hydrogens (tertiary/aromatic N) is 4. The lowest BCUT2D eigenvalue weighted by molar-refractivity contribution is -0.133. The normalized spacial score (nSPS) is 15.7. The van der Waals surface area contributed by atoms with Crippen molar-refractivity contribution in [2.45, 2.75) is 33.2 Å². The van der Waals surface area contributed by atoms with Crippen molar-refractivity contribution in [1.29, 1.82) is 0 Å². The van der Waals surface area contributed by atoms with Crippen molar-refractivity contribution < 1.29 is 9.21 Å². The highest BCUT2D eigenvalue weighted by Gasteiger charge is 2.22. The third kappa shape index (κ3) is 4.20. The zero-order valence-electron chi connectivity index (χ0n) is 14.4. The summed E-state index contributed by atoms with van der Waals surface area (Å²) >= 11 is 0. The summed E-state index contributed by atoms with van der Waals surface area (Å²) in [6, 6.07) is 8.26. The van der Waals surface area contributed by atoms with Crippen LogP contribution in [0.2, 0.25) is 0 Å². The molecule has 1 aromatic heterocycles. The molecule has 1 saturated heterocycles. The zero-order chi connectivity index (χ0) is 16.9. The van der Waals surface area contributed by atoms with E-state index < -0.39 is 0 Å². The molecule has 6 nitrogen and oxygen atoms in total. The van der Waals surface area contributed by atoms with Gasteiger partial charge in [0.05, 0.1) is 6.54 Å². The van der Waals surface area contributed by atoms with E-state index in [-0.39, 0.29) is 5.91 Å². The molecule has 1 aliphatic rings. The number of hydrogen-bond donors (Lipinski definition) is 0. The van der Waals surface area contributed by atoms with Crippen LogP contribution in [0.1, 0.15) is 29.3 Å². The average Bonchev–Trinajstić information content (AvgIpc) is 2.99. The van der Waals surface area contributed by atoms with E-state index in [1.807, 2.05) is 17.0 Å². The molecule has 0 aliphatic carbocycles. The lowest BCUT2D eigenvalue weighted by Crippen LogP contribution is -2.48. The number of carbonyl (C=O) groups is 1. The lowest BCUT2D eigenvalue weighted by atomic mass is 10.0. The Morgan fingerprint density at radius 3 is 2.54 bits per heavy atom. The van der Waals surface area contributed by atoms with Crippen molar-refractivity contribution in [3.8, 4) is 0 Å². The number of aromatic nitrogens is 2. The summed E-state index contributed by atoms with van der Waals surface area (Å²) in [7, 11) is 0. The minimum atomic E-state index is 0.242. The van der Waals surface area contributed by atoms with Crippen LogP contribution in [-0.4, -0.2) is 52.1 Å². The first kappa shape index (κ1) is 16.6. The monoisotopic (exact) mass is 328 g/mol. The van der Waals surface area contributed by atoms with Crippen LogP contribution < -0.4 is 0 Å². The standard InChI is InChI=1S/C18H24N4O2/c1-14-5-3-4-6-16(14)7-8-18(23)22-11-9-21(10-12-22)13-17-20-19-15(2)24-17/h3-6H,7-13H2,1-2H3. The first-order valence-corrected chi connectivity index (χ1v) is 8.45. The molecule has 0 N–H and O–H groups in total. The molecule has 0 saturated carbocycles. The van der Waals surface area contributed by atoms with Gasteiger partial charge in [0.15, 0.2) is 0 Å². The largest absolute Gasteiger partial charge is 0.424 e. The maximum absolute atomic E-state index is 12.4. The molecular weight excluding hydrogens is 304 g/mol. The fraction of sp³-hybridized carbons (Fsp3) is 0.500. The molecule has 0 bridgehead atoms. The molecule has 24 heavy (non-hydrogen) atoms. The molecule has 3 rings (SSSR count). The van der Waals surface area contributed by atoms with Gasteiger partial charge in [-0.3, -0.25) is 9.69 Å². The maximum atomic E-state index is 12.4. The van der Waals surface area contributed by atoms with Gasteiger partial charge in [-0.15, -0.1) is 10.2 Å². The smallest absolute Gasteiger partial charge is 0.230 e. The summed E-state index contributed by atoms with van der Waals surface area (Å²) in [6.07, 6.45) is 1.39. The molecule has 0 spiro atoms. The number of aryl methyl sites for hydroxylation is 3. The predicted molar refractivity (Wildman–Crippen MR) is 90.4 cm³/mol. The first-order chi connectivity index (χ1) is 11.6. The van der Waals surface area contributed by atoms with Crippen LogP contribution in [-0.2, 0) is 17.8 Å². The van der Waals surface area contributed by atoms with E-state index in [0.717, 1.165) is 32.6 Å². The molecule has 0 radical (unpaired) electrons. The fourth-order valence-electron chi connectivity index (χ4n) is 3.04. The van der Waals surface area contributed by atoms with Crippen molar-refractivity contribution in [1.82, 2.24) is 20.0 Å². The van der Waals surface area contributed by atoms with E-state index in [1.54, 1.807) is 6.92 Å². The third-order valence-corrected chi connectivity index (χ3v) is 4.52. The Kier molecular flexibility index (Phi) is 5.25. The van der Waals surface area contributed by atoms with E-state index in [4.69, 9.17) is 4.42 Å². The molecule has 1 fully saturated rings. The Morgan fingerprint density at radius 1 is 1.12 bits per heavy atom. The number of piperazine rings is 1. The summed E-state index contributed by atoms with van der Waals surface area (Å²) in [5, 5.41) is 7.87. The molecule has 1 aliphatic heterocycles. The highest BCUT2D eigenvalue weighted by molar-refractivity contribution is 5.76. The Morgan fingerprint density at radius 2 is 1.88 bits per heavy atom. The van der Waals surface area contributed by atoms with Crippen LogP contribution >= 0.6 is 0 Å². The Bertz CT molecular complexity index is 690. The quantitative estimate of drug-likeness (QED) is 0.840. The van der Waals surface area contributed by atoms with Gasteiger partial charge in [-0.25, -0.2) is 0 Å². The van der Waals surface area contributed by atoms with Crippen LogP contribution in [0.4, 0.5) is 0 Å². The van der Waals surface area contributed by atoms with Crippen LogP contribution in [0, 0.1) is 13.8 Å². The summed E-state index contributed by atoms with van der Waals surface area (Å²) in [6.45, 7) is 7.76. The maximum Gasteiger partial charge on any atom is 0.230 e. The average molecular weight is 328 g/mol. The molecule has 0 unspecified atom stereocenters. The summed E-state index contributed by atoms with van der Waals surface area (Å²) in [4.78, 5) is 16.6. The van der Waals surface area contributed by atoms with Gasteiger partial charge in [-0.2, -0.15) is 0 Å². The number of amides is 1. The Labute approximate surface area is 142 Å². The molecule has 1 amide bonds. The van der Waals surface area contributed by atoms with Gasteiger partial charge in [0.25, 0.3) is 0 Å². The second kappa shape index (κ2) is 7.57. The summed E-state index contributed by atoms with van der Waals surface area (Å²) < 4.78 is 5.41. The van der Waals surface area contributed by atoms with E-state index in [2.05, 4.69) is 34.2 Å². The van der Waals surface area contributed by atoms with E-state index in [1.165, 1.54) is 11.1 Å². The number of rotatable bonds is 5. The molecule has 2 aromatic rings. The minimum absolute atomic E-state index is 0.242. The van der Waals surface area contributed by atoms with E-state index in [0.29, 0.717) is 24.7 Å². The highest BCUT2D eigenvalue weighted by atomic mass is 16.4. The molecule has 128 valence electrons. The molecule has 2 heterocycles. The molecule has 6 heteroatoms. The number of carbonyl (C=O) groups excluding carboxylic acids is 1. The second-order valence-corrected chi connectivity index (χ2v) is 6.30. The topological polar surface area (TPSA) is 62.5 Å². The van der Waals surface area contributed by atoms with E-state index in [9.17, 15) is 4.79 Å². The van der Waals surface area contributed by atoms with Crippen molar-refractivity contribution in [3.05, 3.63) is 47.2 Å². The number of hydrogen-bond acceptors (Lipinski definition) is 5. The zero-order valence-corrected chi connectivity index (χ0v) is 14.4. The summed E-state index contributed by atoms with van der Waals surface area (Å²) in [5.41, 5.74) is 2.52. The van der Waals surface area contributed by atoms with Crippen molar-refractivity contribution in [2.24, 2.45) is 0 Å². The third-order valence-electron chi connectivity index (χ3n) is 4.52. The SMILES string of the molecule is Cc1nnc(CN2CCN(C(=O)CCc3ccccc3C)CC2)o1. The van der Waals surface area contributed by atoms with Crippen molar-refractivity contribution in [3.63, 3.8) is 0 Å². The van der Waals surface area contributed by atoms with Crippen molar-refractivity contribution in [2.75, 3.05) is 26.2 Å².